The van der Waals surface area contributed by atoms with Crippen molar-refractivity contribution in [3.63, 3.8) is 0 Å². The number of carbonyl (C=O) groups is 1. The lowest BCUT2D eigenvalue weighted by Crippen LogP contribution is -2.31. The molecule has 1 unspecified atom stereocenters. The molecule has 152 valence electrons. The van der Waals surface area contributed by atoms with Crippen molar-refractivity contribution in [2.75, 3.05) is 6.61 Å². The number of amides is 1. The first-order valence-corrected chi connectivity index (χ1v) is 8.46. The monoisotopic (exact) mass is 409 g/mol. The van der Waals surface area contributed by atoms with E-state index in [1.54, 1.807) is 6.92 Å². The first kappa shape index (κ1) is 20.4. The van der Waals surface area contributed by atoms with Crippen LogP contribution >= 0.6 is 0 Å². The van der Waals surface area contributed by atoms with E-state index in [2.05, 4.69) is 5.32 Å². The van der Waals surface area contributed by atoms with Crippen LogP contribution in [0.3, 0.4) is 0 Å². The van der Waals surface area contributed by atoms with Gasteiger partial charge in [-0.15, -0.1) is 0 Å². The molecule has 1 atom stereocenters. The Hall–Kier alpha value is -3.36. The molecule has 29 heavy (non-hydrogen) atoms. The fraction of sp³-hybridized carbons (Fsp3) is 0.200. The van der Waals surface area contributed by atoms with Gasteiger partial charge in [-0.1, -0.05) is 12.1 Å². The van der Waals surface area contributed by atoms with Crippen molar-refractivity contribution < 1.29 is 31.5 Å². The summed E-state index contributed by atoms with van der Waals surface area (Å²) >= 11 is 0. The topological polar surface area (TPSA) is 68.5 Å². The Bertz CT molecular complexity index is 1090. The number of benzene rings is 2. The Morgan fingerprint density at radius 1 is 1.14 bits per heavy atom. The van der Waals surface area contributed by atoms with Gasteiger partial charge in [-0.05, 0) is 36.8 Å². The van der Waals surface area contributed by atoms with Gasteiger partial charge in [-0.2, -0.15) is 13.2 Å². The van der Waals surface area contributed by atoms with E-state index in [0.29, 0.717) is 11.6 Å². The third-order valence-electron chi connectivity index (χ3n) is 4.14. The van der Waals surface area contributed by atoms with E-state index in [4.69, 9.17) is 9.15 Å². The van der Waals surface area contributed by atoms with Crippen LogP contribution in [0, 0.1) is 5.82 Å². The van der Waals surface area contributed by atoms with E-state index < -0.39 is 41.7 Å². The van der Waals surface area contributed by atoms with E-state index in [9.17, 15) is 27.2 Å². The molecule has 5 nitrogen and oxygen atoms in total. The molecule has 0 bridgehead atoms. The summed E-state index contributed by atoms with van der Waals surface area (Å²) < 4.78 is 62.2. The highest BCUT2D eigenvalue weighted by Gasteiger charge is 2.33. The molecule has 1 aromatic heterocycles. The van der Waals surface area contributed by atoms with Crippen LogP contribution in [0.15, 0.2) is 57.7 Å². The van der Waals surface area contributed by atoms with Crippen LogP contribution < -0.4 is 15.7 Å². The van der Waals surface area contributed by atoms with Crippen LogP contribution in [0.1, 0.15) is 24.1 Å². The zero-order chi connectivity index (χ0) is 21.2. The summed E-state index contributed by atoms with van der Waals surface area (Å²) in [7, 11) is 0. The fourth-order valence-corrected chi connectivity index (χ4v) is 2.73. The molecule has 0 aliphatic rings. The first-order chi connectivity index (χ1) is 13.6. The van der Waals surface area contributed by atoms with E-state index in [1.807, 2.05) is 0 Å². The minimum Gasteiger partial charge on any atom is -0.484 e. The summed E-state index contributed by atoms with van der Waals surface area (Å²) in [4.78, 5) is 23.4. The van der Waals surface area contributed by atoms with E-state index >= 15 is 0 Å². The predicted octanol–water partition coefficient (Wildman–Crippen LogP) is 4.21. The molecular formula is C20H15F4NO4. The third kappa shape index (κ3) is 4.92. The summed E-state index contributed by atoms with van der Waals surface area (Å²) in [6.07, 6.45) is -4.72. The van der Waals surface area contributed by atoms with Gasteiger partial charge in [0.25, 0.3) is 5.91 Å². The van der Waals surface area contributed by atoms with Crippen LogP contribution in [0.4, 0.5) is 17.6 Å². The lowest BCUT2D eigenvalue weighted by Gasteiger charge is -2.15. The summed E-state index contributed by atoms with van der Waals surface area (Å²) in [5, 5.41) is 2.36. The molecule has 3 aromatic rings. The molecule has 0 saturated heterocycles. The number of fused-ring (bicyclic) bond motifs is 1. The molecule has 0 aliphatic heterocycles. The van der Waals surface area contributed by atoms with Gasteiger partial charge < -0.3 is 14.5 Å². The Labute approximate surface area is 161 Å². The van der Waals surface area contributed by atoms with Gasteiger partial charge in [0.1, 0.15) is 17.1 Å². The molecule has 0 saturated carbocycles. The van der Waals surface area contributed by atoms with Crippen LogP contribution in [-0.2, 0) is 11.0 Å². The minimum atomic E-state index is -4.72. The molecule has 1 heterocycles. The van der Waals surface area contributed by atoms with Crippen LogP contribution in [0.25, 0.3) is 11.0 Å². The zero-order valence-corrected chi connectivity index (χ0v) is 15.0. The molecule has 1 amide bonds. The van der Waals surface area contributed by atoms with Crippen LogP contribution in [0.2, 0.25) is 0 Å². The van der Waals surface area contributed by atoms with Crippen LogP contribution in [0.5, 0.6) is 5.75 Å². The number of hydrogen-bond donors (Lipinski definition) is 1. The zero-order valence-electron chi connectivity index (χ0n) is 15.0. The van der Waals surface area contributed by atoms with Crippen molar-refractivity contribution in [1.82, 2.24) is 5.32 Å². The molecular weight excluding hydrogens is 394 g/mol. The second kappa shape index (κ2) is 7.94. The van der Waals surface area contributed by atoms with Gasteiger partial charge in [-0.25, -0.2) is 9.18 Å². The Morgan fingerprint density at radius 3 is 2.48 bits per heavy atom. The lowest BCUT2D eigenvalue weighted by atomic mass is 10.1. The summed E-state index contributed by atoms with van der Waals surface area (Å²) in [5.41, 5.74) is -1.87. The second-order valence-corrected chi connectivity index (χ2v) is 6.26. The maximum absolute atomic E-state index is 13.1. The standard InChI is InChI=1S/C20H15F4NO4/c1-11(12-2-4-13(21)5-3-12)25-18(26)10-28-14-6-7-15-16(20(22,23)24)9-19(27)29-17(15)8-14/h2-9,11H,10H2,1H3,(H,25,26). The largest absolute Gasteiger partial charge is 0.484 e. The van der Waals surface area contributed by atoms with E-state index in [-0.39, 0.29) is 16.7 Å². The molecule has 3 rings (SSSR count). The SMILES string of the molecule is CC(NC(=O)COc1ccc2c(C(F)(F)F)cc(=O)oc2c1)c1ccc(F)cc1. The van der Waals surface area contributed by atoms with E-state index in [1.165, 1.54) is 30.3 Å². The number of halogens is 4. The van der Waals surface area contributed by atoms with Crippen LogP contribution in [-0.4, -0.2) is 12.5 Å². The van der Waals surface area contributed by atoms with Gasteiger partial charge in [0.15, 0.2) is 6.61 Å². The minimum absolute atomic E-state index is 0.0598. The van der Waals surface area contributed by atoms with E-state index in [0.717, 1.165) is 12.1 Å². The van der Waals surface area contributed by atoms with Crippen molar-refractivity contribution in [3.8, 4) is 5.75 Å². The average molecular weight is 409 g/mol. The van der Waals surface area contributed by atoms with Gasteiger partial charge in [0, 0.05) is 17.5 Å². The number of alkyl halides is 3. The highest BCUT2D eigenvalue weighted by molar-refractivity contribution is 5.82. The molecule has 0 radical (unpaired) electrons. The summed E-state index contributed by atoms with van der Waals surface area (Å²) in [6.45, 7) is 1.29. The molecule has 2 aromatic carbocycles. The number of hydrogen-bond acceptors (Lipinski definition) is 4. The molecule has 0 aliphatic carbocycles. The van der Waals surface area contributed by atoms with Gasteiger partial charge >= 0.3 is 11.8 Å². The second-order valence-electron chi connectivity index (χ2n) is 6.26. The molecule has 1 N–H and O–H groups in total. The van der Waals surface area contributed by atoms with Gasteiger partial charge in [0.2, 0.25) is 0 Å². The number of ether oxygens (including phenoxy) is 1. The van der Waals surface area contributed by atoms with Gasteiger partial charge in [0.05, 0.1) is 11.6 Å². The quantitative estimate of drug-likeness (QED) is 0.507. The Morgan fingerprint density at radius 2 is 1.83 bits per heavy atom. The van der Waals surface area contributed by atoms with Gasteiger partial charge in [-0.3, -0.25) is 4.79 Å². The molecule has 0 fully saturated rings. The highest BCUT2D eigenvalue weighted by Crippen LogP contribution is 2.34. The average Bonchev–Trinajstić information content (AvgIpc) is 2.65. The number of rotatable bonds is 5. The van der Waals surface area contributed by atoms with Crippen molar-refractivity contribution in [2.45, 2.75) is 19.1 Å². The fourth-order valence-electron chi connectivity index (χ4n) is 2.73. The van der Waals surface area contributed by atoms with Crippen molar-refractivity contribution >= 4 is 16.9 Å². The lowest BCUT2D eigenvalue weighted by molar-refractivity contribution is -0.136. The van der Waals surface area contributed by atoms with Crippen molar-refractivity contribution in [3.05, 3.63) is 75.9 Å². The Balaban J connectivity index is 1.69. The Kier molecular flexibility index (Phi) is 5.58. The summed E-state index contributed by atoms with van der Waals surface area (Å²) in [5.74, 6) is -0.829. The maximum atomic E-state index is 13.1. The third-order valence-corrected chi connectivity index (χ3v) is 4.14. The highest BCUT2D eigenvalue weighted by atomic mass is 19.4. The molecule has 9 heteroatoms. The van der Waals surface area contributed by atoms with Crippen molar-refractivity contribution in [2.24, 2.45) is 0 Å². The smallest absolute Gasteiger partial charge is 0.417 e. The molecule has 0 spiro atoms. The first-order valence-electron chi connectivity index (χ1n) is 8.46. The summed E-state index contributed by atoms with van der Waals surface area (Å²) in [6, 6.07) is 9.05. The number of nitrogens with one attached hydrogen (secondary N) is 1. The van der Waals surface area contributed by atoms with Crippen molar-refractivity contribution in [1.29, 1.82) is 0 Å². The number of carbonyl (C=O) groups excluding carboxylic acids is 1. The predicted molar refractivity (Wildman–Crippen MR) is 95.9 cm³/mol. The normalized spacial score (nSPS) is 12.6. The maximum Gasteiger partial charge on any atom is 0.417 e.